The van der Waals surface area contributed by atoms with E-state index in [-0.39, 0.29) is 41.1 Å². The summed E-state index contributed by atoms with van der Waals surface area (Å²) in [5.41, 5.74) is -1.46. The maximum absolute atomic E-state index is 13.4. The number of anilines is 2. The van der Waals surface area contributed by atoms with E-state index in [1.807, 2.05) is 4.90 Å². The molecule has 0 spiro atoms. The van der Waals surface area contributed by atoms with E-state index >= 15 is 0 Å². The molecule has 184 valence electrons. The molecule has 33 heavy (non-hydrogen) atoms. The zero-order chi connectivity index (χ0) is 23.6. The molecule has 4 rings (SSSR count). The van der Waals surface area contributed by atoms with Gasteiger partial charge in [-0.15, -0.1) is 0 Å². The molecule has 3 fully saturated rings. The van der Waals surface area contributed by atoms with Gasteiger partial charge in [-0.2, -0.15) is 0 Å². The van der Waals surface area contributed by atoms with Gasteiger partial charge in [-0.05, 0) is 63.7 Å². The fraction of sp³-hybridized carbons (Fsp3) is 0.773. The molecule has 3 aliphatic rings. The van der Waals surface area contributed by atoms with Crippen molar-refractivity contribution in [2.24, 2.45) is 5.92 Å². The van der Waals surface area contributed by atoms with Gasteiger partial charge in [-0.3, -0.25) is 13.8 Å². The first-order valence-electron chi connectivity index (χ1n) is 12.0. The van der Waals surface area contributed by atoms with E-state index in [0.29, 0.717) is 12.3 Å². The molecule has 11 heteroatoms. The molecule has 1 atom stereocenters. The number of nitrogens with one attached hydrogen (secondary N) is 1. The molecule has 3 aliphatic carbocycles. The maximum atomic E-state index is 13.4. The van der Waals surface area contributed by atoms with Crippen molar-refractivity contribution in [3.8, 4) is 0 Å². The molecule has 3 saturated carbocycles. The summed E-state index contributed by atoms with van der Waals surface area (Å²) in [6, 6.07) is 0.237. The highest BCUT2D eigenvalue weighted by atomic mass is 32.2. The Labute approximate surface area is 201 Å². The molecule has 1 heterocycles. The lowest BCUT2D eigenvalue weighted by Crippen LogP contribution is -2.60. The maximum Gasteiger partial charge on any atom is 0.330 e. The van der Waals surface area contributed by atoms with Crippen LogP contribution >= 0.6 is 11.3 Å². The number of aromatic nitrogens is 1. The highest BCUT2D eigenvalue weighted by molar-refractivity contribution is 7.81. The normalized spacial score (nSPS) is 26.1. The van der Waals surface area contributed by atoms with Crippen molar-refractivity contribution >= 4 is 44.7 Å². The van der Waals surface area contributed by atoms with Gasteiger partial charge in [0.1, 0.15) is 5.00 Å². The Hall–Kier alpha value is -1.72. The first kappa shape index (κ1) is 24.4. The number of amides is 2. The summed E-state index contributed by atoms with van der Waals surface area (Å²) in [7, 11) is 0. The van der Waals surface area contributed by atoms with E-state index in [1.165, 1.54) is 12.6 Å². The van der Waals surface area contributed by atoms with Gasteiger partial charge in [0.25, 0.3) is 0 Å². The zero-order valence-electron chi connectivity index (χ0n) is 19.0. The molecule has 9 nitrogen and oxygen atoms in total. The number of carboxylic acids is 1. The van der Waals surface area contributed by atoms with Crippen molar-refractivity contribution in [1.29, 1.82) is 0 Å². The second kappa shape index (κ2) is 10.3. The lowest BCUT2D eigenvalue weighted by Gasteiger charge is -2.47. The van der Waals surface area contributed by atoms with Gasteiger partial charge in [0.05, 0.1) is 6.20 Å². The van der Waals surface area contributed by atoms with E-state index in [0.717, 1.165) is 67.0 Å². The first-order valence-corrected chi connectivity index (χ1v) is 13.8. The molecule has 2 amide bonds. The summed E-state index contributed by atoms with van der Waals surface area (Å²) in [6.07, 6.45) is 12.2. The largest absolute Gasteiger partial charge is 0.755 e. The fourth-order valence-electron chi connectivity index (χ4n) is 5.53. The third kappa shape index (κ3) is 5.05. The highest BCUT2D eigenvalue weighted by Gasteiger charge is 2.51. The molecule has 1 aromatic heterocycles. The van der Waals surface area contributed by atoms with Crippen molar-refractivity contribution in [1.82, 2.24) is 9.88 Å². The van der Waals surface area contributed by atoms with Crippen molar-refractivity contribution in [2.75, 3.05) is 9.62 Å². The number of carbonyl (C=O) groups is 2. The van der Waals surface area contributed by atoms with Gasteiger partial charge in [0.15, 0.2) is 10.7 Å². The minimum absolute atomic E-state index is 0.186. The highest BCUT2D eigenvalue weighted by Crippen LogP contribution is 2.44. The number of thiazole rings is 1. The van der Waals surface area contributed by atoms with Crippen LogP contribution in [0.25, 0.3) is 0 Å². The third-order valence-corrected chi connectivity index (χ3v) is 9.46. The monoisotopic (exact) mass is 497 g/mol. The lowest BCUT2D eigenvalue weighted by molar-refractivity contribution is -0.146. The molecule has 2 N–H and O–H groups in total. The van der Waals surface area contributed by atoms with E-state index in [4.69, 9.17) is 0 Å². The molecule has 0 saturated heterocycles. The third-order valence-electron chi connectivity index (χ3n) is 7.61. The molecular formula is C22H33N4O5S2-. The van der Waals surface area contributed by atoms with Crippen LogP contribution in [0.3, 0.4) is 0 Å². The van der Waals surface area contributed by atoms with Crippen LogP contribution in [0, 0.1) is 5.92 Å². The summed E-state index contributed by atoms with van der Waals surface area (Å²) in [5.74, 6) is -0.474. The van der Waals surface area contributed by atoms with E-state index in [2.05, 4.69) is 17.2 Å². The molecule has 0 bridgehead atoms. The number of carboxylic acid groups (broad SMARTS) is 1. The predicted molar refractivity (Wildman–Crippen MR) is 127 cm³/mol. The molecular weight excluding hydrogens is 464 g/mol. The van der Waals surface area contributed by atoms with Crippen LogP contribution in [-0.4, -0.2) is 53.4 Å². The molecule has 0 radical (unpaired) electrons. The topological polar surface area (TPSA) is 126 Å². The minimum Gasteiger partial charge on any atom is -0.755 e. The zero-order valence-corrected chi connectivity index (χ0v) is 20.7. The number of aliphatic carboxylic acids is 1. The quantitative estimate of drug-likeness (QED) is 0.534. The number of rotatable bonds is 7. The Bertz CT molecular complexity index is 876. The Morgan fingerprint density at radius 2 is 1.76 bits per heavy atom. The van der Waals surface area contributed by atoms with Crippen molar-refractivity contribution < 1.29 is 23.5 Å². The number of hydrogen-bond acceptors (Lipinski definition) is 6. The second-order valence-electron chi connectivity index (χ2n) is 9.75. The number of nitrogens with zero attached hydrogens (tertiary/aromatic N) is 3. The number of hydrogen-bond donors (Lipinski definition) is 2. The molecule has 0 aliphatic heterocycles. The van der Waals surface area contributed by atoms with Gasteiger partial charge in [-0.1, -0.05) is 37.5 Å². The van der Waals surface area contributed by atoms with Crippen molar-refractivity contribution in [3.05, 3.63) is 6.20 Å². The van der Waals surface area contributed by atoms with Crippen LogP contribution in [0.15, 0.2) is 6.20 Å². The predicted octanol–water partition coefficient (Wildman–Crippen LogP) is 4.50. The fourth-order valence-corrected chi connectivity index (χ4v) is 7.36. The molecule has 0 aromatic carbocycles. The van der Waals surface area contributed by atoms with Crippen LogP contribution < -0.4 is 9.62 Å². The van der Waals surface area contributed by atoms with Gasteiger partial charge in [0.2, 0.25) is 0 Å². The Morgan fingerprint density at radius 1 is 1.12 bits per heavy atom. The summed E-state index contributed by atoms with van der Waals surface area (Å²) >= 11 is -1.76. The van der Waals surface area contributed by atoms with Crippen LogP contribution in [0.4, 0.5) is 14.9 Å². The van der Waals surface area contributed by atoms with E-state index in [9.17, 15) is 23.5 Å². The number of carbonyl (C=O) groups excluding carboxylic acids is 1. The SMILES string of the molecule is CC1CCC(N(C(=O)Nc2ncc(N(S(=O)[O-])C3(C(=O)O)CCC3)s2)C2CCCCC2)CC1. The summed E-state index contributed by atoms with van der Waals surface area (Å²) in [4.78, 5) is 31.5. The van der Waals surface area contributed by atoms with Crippen molar-refractivity contribution in [2.45, 2.75) is 102 Å². The van der Waals surface area contributed by atoms with Gasteiger partial charge < -0.3 is 14.6 Å². The average Bonchev–Trinajstić information content (AvgIpc) is 3.20. The minimum atomic E-state index is -2.76. The Balaban J connectivity index is 1.51. The second-order valence-corrected chi connectivity index (χ2v) is 11.6. The van der Waals surface area contributed by atoms with Crippen LogP contribution in [0.1, 0.15) is 84.0 Å². The van der Waals surface area contributed by atoms with E-state index in [1.54, 1.807) is 0 Å². The Morgan fingerprint density at radius 3 is 2.30 bits per heavy atom. The lowest BCUT2D eigenvalue weighted by atomic mass is 9.77. The van der Waals surface area contributed by atoms with Crippen LogP contribution in [0.5, 0.6) is 0 Å². The van der Waals surface area contributed by atoms with Crippen LogP contribution in [0.2, 0.25) is 0 Å². The standard InChI is InChI=1S/C22H34N4O5S2/c1-15-8-10-17(11-9-15)25(16-6-3-2-4-7-16)21(29)24-20-23-14-18(32-20)26(33(30)31)22(19(27)28)12-5-13-22/h14-17H,2-13H2,1H3,(H,27,28)(H,30,31)(H,23,24,29)/p-1. The molecule has 1 unspecified atom stereocenters. The van der Waals surface area contributed by atoms with Gasteiger partial charge in [-0.25, -0.2) is 14.6 Å². The summed E-state index contributed by atoms with van der Waals surface area (Å²) in [5, 5.41) is 13.1. The summed E-state index contributed by atoms with van der Waals surface area (Å²) < 4.78 is 24.8. The van der Waals surface area contributed by atoms with E-state index < -0.39 is 22.8 Å². The Kier molecular flexibility index (Phi) is 7.59. The first-order chi connectivity index (χ1) is 15.8. The average molecular weight is 498 g/mol. The van der Waals surface area contributed by atoms with Crippen molar-refractivity contribution in [3.63, 3.8) is 0 Å². The smallest absolute Gasteiger partial charge is 0.330 e. The summed E-state index contributed by atoms with van der Waals surface area (Å²) in [6.45, 7) is 2.26. The van der Waals surface area contributed by atoms with Crippen LogP contribution in [-0.2, 0) is 16.1 Å². The number of urea groups is 1. The molecule has 1 aromatic rings. The van der Waals surface area contributed by atoms with Gasteiger partial charge in [0, 0.05) is 23.4 Å². The van der Waals surface area contributed by atoms with Gasteiger partial charge >= 0.3 is 12.0 Å².